The summed E-state index contributed by atoms with van der Waals surface area (Å²) in [6.07, 6.45) is 11.1. The second-order valence-electron chi connectivity index (χ2n) is 14.3. The fourth-order valence-corrected chi connectivity index (χ4v) is 7.11. The predicted molar refractivity (Wildman–Crippen MR) is 229 cm³/mol. The second kappa shape index (κ2) is 23.9. The lowest BCUT2D eigenvalue weighted by molar-refractivity contribution is -0.188. The number of carbonyl (C=O) groups is 3. The second-order valence-corrected chi connectivity index (χ2v) is 14.3. The van der Waals surface area contributed by atoms with Gasteiger partial charge in [0.05, 0.1) is 26.3 Å². The summed E-state index contributed by atoms with van der Waals surface area (Å²) in [5.74, 6) is 1.39. The van der Waals surface area contributed by atoms with Crippen molar-refractivity contribution in [3.63, 3.8) is 0 Å². The van der Waals surface area contributed by atoms with E-state index in [4.69, 9.17) is 9.62 Å². The molecule has 2 aliphatic rings. The van der Waals surface area contributed by atoms with Gasteiger partial charge >= 0.3 is 6.09 Å². The zero-order valence-corrected chi connectivity index (χ0v) is 34.3. The minimum atomic E-state index is -0.658. The molecule has 56 heavy (non-hydrogen) atoms. The Morgan fingerprint density at radius 2 is 1.29 bits per heavy atom. The van der Waals surface area contributed by atoms with Crippen LogP contribution in [0.1, 0.15) is 114 Å². The molecule has 2 fully saturated rings. The lowest BCUT2D eigenvalue weighted by atomic mass is 10.0. The number of nitrogens with one attached hydrogen (secondary N) is 3. The van der Waals surface area contributed by atoms with Crippen LogP contribution in [0.3, 0.4) is 0 Å². The number of aryl methyl sites for hydroxylation is 4. The molecule has 4 heterocycles. The third-order valence-electron chi connectivity index (χ3n) is 10.0. The van der Waals surface area contributed by atoms with Gasteiger partial charge in [0.25, 0.3) is 0 Å². The smallest absolute Gasteiger partial charge is 0.407 e. The van der Waals surface area contributed by atoms with Gasteiger partial charge in [-0.1, -0.05) is 66.8 Å². The first kappa shape index (κ1) is 50.0. The first-order chi connectivity index (χ1) is 25.1. The molecule has 1 aromatic carbocycles. The molecule has 5 rings (SSSR count). The molecule has 0 aliphatic carbocycles. The number of aromatic amines is 2. The number of benzene rings is 1. The van der Waals surface area contributed by atoms with E-state index in [1.54, 1.807) is 0 Å². The van der Waals surface area contributed by atoms with E-state index in [9.17, 15) is 14.4 Å². The van der Waals surface area contributed by atoms with Crippen molar-refractivity contribution >= 4 is 51.3 Å². The number of imidazole rings is 2. The predicted octanol–water partition coefficient (Wildman–Crippen LogP) is 6.54. The van der Waals surface area contributed by atoms with Crippen molar-refractivity contribution in [2.75, 3.05) is 27.3 Å². The third kappa shape index (κ3) is 12.7. The van der Waals surface area contributed by atoms with Crippen LogP contribution in [0.5, 0.6) is 0 Å². The summed E-state index contributed by atoms with van der Waals surface area (Å²) < 4.78 is 4.74. The van der Waals surface area contributed by atoms with E-state index in [1.165, 1.54) is 31.7 Å². The van der Waals surface area contributed by atoms with Crippen molar-refractivity contribution in [1.29, 1.82) is 0 Å². The molecule has 3 amide bonds. The number of carbonyl (C=O) groups excluding carboxylic acids is 3. The zero-order valence-electron chi connectivity index (χ0n) is 32.3. The zero-order chi connectivity index (χ0) is 37.2. The molecular formula is C40H66N8O6S2. The molecule has 14 nitrogen and oxygen atoms in total. The van der Waals surface area contributed by atoms with Gasteiger partial charge in [-0.15, -0.1) is 0 Å². The van der Waals surface area contributed by atoms with E-state index in [0.717, 1.165) is 74.4 Å². The fourth-order valence-electron chi connectivity index (χ4n) is 7.11. The summed E-state index contributed by atoms with van der Waals surface area (Å²) in [6, 6.07) is 7.26. The number of ether oxygens (including phenoxy) is 1. The number of aromatic nitrogens is 4. The fraction of sp³-hybridized carbons (Fsp3) is 0.600. The van der Waals surface area contributed by atoms with Crippen molar-refractivity contribution in [1.82, 2.24) is 35.1 Å². The Labute approximate surface area is 347 Å². The van der Waals surface area contributed by atoms with Gasteiger partial charge in [-0.2, -0.15) is 31.9 Å². The Morgan fingerprint density at radius 3 is 1.71 bits per heavy atom. The highest BCUT2D eigenvalue weighted by Gasteiger charge is 2.38. The van der Waals surface area contributed by atoms with Crippen LogP contribution in [0.4, 0.5) is 4.79 Å². The lowest BCUT2D eigenvalue weighted by Gasteiger charge is -2.30. The van der Waals surface area contributed by atoms with Crippen molar-refractivity contribution in [2.45, 2.75) is 118 Å². The van der Waals surface area contributed by atoms with Crippen LogP contribution in [-0.2, 0) is 49.8 Å². The van der Waals surface area contributed by atoms with Gasteiger partial charge in [0.1, 0.15) is 23.7 Å². The van der Waals surface area contributed by atoms with Crippen LogP contribution in [-0.4, -0.2) is 93.4 Å². The number of likely N-dealkylation sites (tertiary alicyclic amines) is 2. The molecule has 2 aromatic heterocycles. The van der Waals surface area contributed by atoms with Crippen LogP contribution in [0.2, 0.25) is 0 Å². The van der Waals surface area contributed by atoms with Gasteiger partial charge in [0.15, 0.2) is 0 Å². The highest BCUT2D eigenvalue weighted by Crippen LogP contribution is 2.33. The topological polar surface area (TPSA) is 167 Å². The number of hydrogen-bond acceptors (Lipinski definition) is 9. The Bertz CT molecular complexity index is 1660. The quantitative estimate of drug-likeness (QED) is 0.0635. The van der Waals surface area contributed by atoms with Crippen LogP contribution >= 0.6 is 27.0 Å². The first-order valence-corrected chi connectivity index (χ1v) is 18.4. The van der Waals surface area contributed by atoms with E-state index in [0.29, 0.717) is 13.1 Å². The SMILES string of the molecule is C.C.COOC=N[C@H](C(=O)N1CCC[C@H]1c1ncc(CCc2ccc(CCc3cnc([C@@H]4CCCN4C(=O)[C@@H](NC(=O)OC)C(C)C)[nH]3)cc2)[nH]1)C(C)C.S.S. The number of methoxy groups -OCH3 is 1. The summed E-state index contributed by atoms with van der Waals surface area (Å²) >= 11 is 0. The van der Waals surface area contributed by atoms with Crippen LogP contribution in [0.15, 0.2) is 41.7 Å². The Hall–Kier alpha value is -4.02. The normalized spacial score (nSPS) is 17.4. The average molecular weight is 819 g/mol. The number of aliphatic imine (C=N–C) groups is 1. The summed E-state index contributed by atoms with van der Waals surface area (Å²) in [7, 11) is 2.69. The molecular weight excluding hydrogens is 753 g/mol. The van der Waals surface area contributed by atoms with E-state index >= 15 is 0 Å². The summed E-state index contributed by atoms with van der Waals surface area (Å²) in [6.45, 7) is 9.06. The van der Waals surface area contributed by atoms with Gasteiger partial charge in [-0.05, 0) is 74.3 Å². The number of hydrogen-bond donors (Lipinski definition) is 3. The number of rotatable bonds is 16. The Kier molecular flexibility index (Phi) is 21.3. The van der Waals surface area contributed by atoms with Gasteiger partial charge in [0, 0.05) is 36.9 Å². The van der Waals surface area contributed by atoms with Gasteiger partial charge in [0.2, 0.25) is 18.2 Å². The lowest BCUT2D eigenvalue weighted by Crippen LogP contribution is -2.51. The third-order valence-corrected chi connectivity index (χ3v) is 10.0. The van der Waals surface area contributed by atoms with E-state index in [2.05, 4.69) is 59.4 Å². The van der Waals surface area contributed by atoms with Gasteiger partial charge in [-0.3, -0.25) is 9.59 Å². The molecule has 0 unspecified atom stereocenters. The highest BCUT2D eigenvalue weighted by atomic mass is 32.1. The first-order valence-electron chi connectivity index (χ1n) is 18.4. The number of amides is 3. The maximum Gasteiger partial charge on any atom is 0.407 e. The minimum absolute atomic E-state index is 0. The standard InChI is InChI=1S/C38H54N8O6.2CH4.2H2S/c1-24(2)32(41-23-52-51-6)36(47)45-19-7-9-30(45)34-39-21-28(42-34)17-15-26-11-13-27(14-12-26)16-18-29-22-40-35(43-29)31-10-8-20-46(31)37(48)33(25(3)4)44-38(49)50-5;;;;/h11-14,21-25,30-33H,7-10,15-20H2,1-6H3,(H,39,42)(H,40,43)(H,44,49);2*1H4;2*1H2/t30-,31-,32-,33-;;;;/m0..../s1. The number of alkyl carbamates (subject to hydrolysis) is 1. The van der Waals surface area contributed by atoms with Crippen molar-refractivity contribution in [3.8, 4) is 0 Å². The molecule has 3 aromatic rings. The van der Waals surface area contributed by atoms with E-state index in [1.807, 2.05) is 49.9 Å². The maximum absolute atomic E-state index is 13.4. The molecule has 2 aliphatic heterocycles. The molecule has 0 bridgehead atoms. The van der Waals surface area contributed by atoms with Crippen molar-refractivity contribution in [3.05, 3.63) is 70.8 Å². The maximum atomic E-state index is 13.4. The summed E-state index contributed by atoms with van der Waals surface area (Å²) in [5.41, 5.74) is 4.54. The molecule has 0 spiro atoms. The van der Waals surface area contributed by atoms with Gasteiger partial charge < -0.3 is 34.7 Å². The molecule has 2 saturated heterocycles. The largest absolute Gasteiger partial charge is 0.453 e. The molecule has 3 N–H and O–H groups in total. The van der Waals surface area contributed by atoms with Gasteiger partial charge in [-0.25, -0.2) is 19.8 Å². The van der Waals surface area contributed by atoms with E-state index in [-0.39, 0.29) is 77.6 Å². The molecule has 314 valence electrons. The van der Waals surface area contributed by atoms with Crippen LogP contribution in [0, 0.1) is 11.8 Å². The molecule has 16 heteroatoms. The Morgan fingerprint density at radius 1 is 0.804 bits per heavy atom. The minimum Gasteiger partial charge on any atom is -0.453 e. The number of nitrogens with zero attached hydrogens (tertiary/aromatic N) is 5. The van der Waals surface area contributed by atoms with Crippen molar-refractivity contribution in [2.24, 2.45) is 16.8 Å². The van der Waals surface area contributed by atoms with Crippen molar-refractivity contribution < 1.29 is 28.9 Å². The summed E-state index contributed by atoms with van der Waals surface area (Å²) in [4.78, 5) is 72.5. The average Bonchev–Trinajstić information content (AvgIpc) is 3.97. The molecule has 0 radical (unpaired) electrons. The Balaban J connectivity index is 0.00000392. The molecule has 4 atom stereocenters. The molecule has 0 saturated carbocycles. The van der Waals surface area contributed by atoms with E-state index < -0.39 is 18.2 Å². The highest BCUT2D eigenvalue weighted by molar-refractivity contribution is 7.59. The number of H-pyrrole nitrogens is 2. The monoisotopic (exact) mass is 818 g/mol. The van der Waals surface area contributed by atoms with Crippen LogP contribution < -0.4 is 5.32 Å². The van der Waals surface area contributed by atoms with Crippen LogP contribution in [0.25, 0.3) is 0 Å². The summed E-state index contributed by atoms with van der Waals surface area (Å²) in [5, 5.41) is 2.70.